The van der Waals surface area contributed by atoms with Crippen LogP contribution in [0.1, 0.15) is 43.6 Å². The van der Waals surface area contributed by atoms with Crippen molar-refractivity contribution >= 4 is 57.3 Å². The number of nitro benzene ring substituents is 1. The van der Waals surface area contributed by atoms with Crippen molar-refractivity contribution in [1.29, 1.82) is 0 Å². The maximum atomic E-state index is 13.1. The molecule has 44 heavy (non-hydrogen) atoms. The molecule has 1 aliphatic rings. The first kappa shape index (κ1) is 30.9. The van der Waals surface area contributed by atoms with E-state index in [0.29, 0.717) is 29.2 Å². The lowest BCUT2D eigenvalue weighted by molar-refractivity contribution is -0.384. The summed E-state index contributed by atoms with van der Waals surface area (Å²) in [7, 11) is 0. The summed E-state index contributed by atoms with van der Waals surface area (Å²) in [6, 6.07) is 22.7. The van der Waals surface area contributed by atoms with Crippen molar-refractivity contribution in [3.05, 3.63) is 116 Å². The molecule has 5 rings (SSSR count). The van der Waals surface area contributed by atoms with Gasteiger partial charge in [0, 0.05) is 52.8 Å². The summed E-state index contributed by atoms with van der Waals surface area (Å²) in [6.45, 7) is 4.27. The van der Waals surface area contributed by atoms with Crippen molar-refractivity contribution in [2.45, 2.75) is 31.3 Å². The van der Waals surface area contributed by atoms with E-state index in [1.54, 1.807) is 25.1 Å². The number of thioether (sulfide) groups is 1. The first-order valence-corrected chi connectivity index (χ1v) is 15.8. The number of thiophene rings is 1. The number of esters is 1. The van der Waals surface area contributed by atoms with Gasteiger partial charge in [0.1, 0.15) is 5.00 Å². The molecule has 0 fully saturated rings. The number of carbonyl (C=O) groups excluding carboxylic acids is 3. The Balaban J connectivity index is 1.23. The van der Waals surface area contributed by atoms with Crippen LogP contribution < -0.4 is 10.6 Å². The number of anilines is 2. The molecule has 0 saturated carbocycles. The second-order valence-electron chi connectivity index (χ2n) is 10.0. The number of ether oxygens (including phenoxy) is 1. The van der Waals surface area contributed by atoms with E-state index in [0.717, 1.165) is 28.4 Å². The maximum Gasteiger partial charge on any atom is 0.341 e. The fraction of sp³-hybridized carbons (Fsp3) is 0.219. The average Bonchev–Trinajstić information content (AvgIpc) is 3.38. The minimum Gasteiger partial charge on any atom is -0.462 e. The molecule has 0 bridgehead atoms. The monoisotopic (exact) mass is 630 g/mol. The number of hydrogen-bond acceptors (Lipinski definition) is 9. The Labute approximate surface area is 262 Å². The third-order valence-corrected chi connectivity index (χ3v) is 9.02. The molecule has 0 saturated heterocycles. The fourth-order valence-corrected chi connectivity index (χ4v) is 6.93. The van der Waals surface area contributed by atoms with E-state index in [-0.39, 0.29) is 29.5 Å². The molecule has 226 valence electrons. The number of rotatable bonds is 11. The summed E-state index contributed by atoms with van der Waals surface area (Å²) in [6.07, 6.45) is 0.687. The zero-order valence-electron chi connectivity index (χ0n) is 23.9. The first-order valence-electron chi connectivity index (χ1n) is 14.0. The van der Waals surface area contributed by atoms with Gasteiger partial charge >= 0.3 is 5.97 Å². The average molecular weight is 631 g/mol. The maximum absolute atomic E-state index is 13.1. The van der Waals surface area contributed by atoms with E-state index in [4.69, 9.17) is 4.74 Å². The molecule has 2 amide bonds. The minimum absolute atomic E-state index is 0.0766. The molecule has 0 unspecified atom stereocenters. The molecule has 1 aromatic heterocycles. The van der Waals surface area contributed by atoms with Gasteiger partial charge in [0.25, 0.3) is 11.6 Å². The van der Waals surface area contributed by atoms with Gasteiger partial charge in [0.15, 0.2) is 0 Å². The van der Waals surface area contributed by atoms with Gasteiger partial charge in [-0.1, -0.05) is 42.5 Å². The number of nitrogens with one attached hydrogen (secondary N) is 2. The van der Waals surface area contributed by atoms with Gasteiger partial charge < -0.3 is 15.4 Å². The van der Waals surface area contributed by atoms with Gasteiger partial charge in [0.05, 0.1) is 22.8 Å². The predicted octanol–water partition coefficient (Wildman–Crippen LogP) is 6.37. The lowest BCUT2D eigenvalue weighted by Crippen LogP contribution is -2.30. The topological polar surface area (TPSA) is 131 Å². The Morgan fingerprint density at radius 2 is 1.82 bits per heavy atom. The Bertz CT molecular complexity index is 1690. The SMILES string of the molecule is CCOC(=O)c1c(NC(=O)CSc2cccc(NC(=O)c3cccc([N+](=O)[O-])c3)c2)sc2c1CCN(Cc1ccccc1)C2. The molecule has 0 spiro atoms. The van der Waals surface area contributed by atoms with Crippen molar-refractivity contribution < 1.29 is 24.0 Å². The second kappa shape index (κ2) is 14.3. The molecule has 0 aliphatic carbocycles. The van der Waals surface area contributed by atoms with Crippen LogP contribution in [0, 0.1) is 10.1 Å². The highest BCUT2D eigenvalue weighted by Gasteiger charge is 2.29. The molecule has 4 aromatic rings. The molecular weight excluding hydrogens is 601 g/mol. The Kier molecular flexibility index (Phi) is 10.1. The summed E-state index contributed by atoms with van der Waals surface area (Å²) in [5, 5.41) is 17.2. The van der Waals surface area contributed by atoms with E-state index in [1.165, 1.54) is 52.9 Å². The smallest absolute Gasteiger partial charge is 0.341 e. The van der Waals surface area contributed by atoms with Crippen molar-refractivity contribution in [2.24, 2.45) is 0 Å². The van der Waals surface area contributed by atoms with Crippen molar-refractivity contribution in [3.8, 4) is 0 Å². The quantitative estimate of drug-likeness (QED) is 0.0846. The van der Waals surface area contributed by atoms with Gasteiger partial charge in [-0.25, -0.2) is 4.79 Å². The lowest BCUT2D eigenvalue weighted by atomic mass is 10.0. The molecule has 0 atom stereocenters. The van der Waals surface area contributed by atoms with Crippen LogP contribution in [-0.4, -0.2) is 46.5 Å². The van der Waals surface area contributed by atoms with Crippen molar-refractivity contribution in [2.75, 3.05) is 29.5 Å². The molecule has 3 aromatic carbocycles. The van der Waals surface area contributed by atoms with E-state index in [1.807, 2.05) is 24.3 Å². The van der Waals surface area contributed by atoms with E-state index < -0.39 is 16.8 Å². The van der Waals surface area contributed by atoms with Crippen LogP contribution in [0.3, 0.4) is 0 Å². The summed E-state index contributed by atoms with van der Waals surface area (Å²) in [5.41, 5.74) is 3.08. The Morgan fingerprint density at radius 1 is 1.02 bits per heavy atom. The molecular formula is C32H30N4O6S2. The Hall–Kier alpha value is -4.52. The van der Waals surface area contributed by atoms with Gasteiger partial charge in [-0.15, -0.1) is 23.1 Å². The van der Waals surface area contributed by atoms with Crippen LogP contribution in [0.5, 0.6) is 0 Å². The van der Waals surface area contributed by atoms with Gasteiger partial charge in [-0.05, 0) is 48.7 Å². The second-order valence-corrected chi connectivity index (χ2v) is 12.2. The zero-order valence-corrected chi connectivity index (χ0v) is 25.5. The van der Waals surface area contributed by atoms with Gasteiger partial charge in [0.2, 0.25) is 5.91 Å². The molecule has 2 N–H and O–H groups in total. The number of benzene rings is 3. The summed E-state index contributed by atoms with van der Waals surface area (Å²) >= 11 is 2.70. The fourth-order valence-electron chi connectivity index (χ4n) is 4.88. The zero-order chi connectivity index (χ0) is 31.1. The predicted molar refractivity (Wildman–Crippen MR) is 171 cm³/mol. The van der Waals surface area contributed by atoms with E-state index >= 15 is 0 Å². The standard InChI is InChI=1S/C32H30N4O6S2/c1-2-42-32(39)29-26-14-15-35(18-21-8-4-3-5-9-21)19-27(26)44-31(29)34-28(37)20-43-25-13-7-11-23(17-25)33-30(38)22-10-6-12-24(16-22)36(40)41/h3-13,16-17H,2,14-15,18-20H2,1H3,(H,33,38)(H,34,37). The summed E-state index contributed by atoms with van der Waals surface area (Å²) in [5.74, 6) is -1.11. The normalized spacial score (nSPS) is 12.7. The largest absolute Gasteiger partial charge is 0.462 e. The number of hydrogen-bond donors (Lipinski definition) is 2. The molecule has 2 heterocycles. The van der Waals surface area contributed by atoms with Crippen LogP contribution in [0.4, 0.5) is 16.4 Å². The van der Waals surface area contributed by atoms with Crippen molar-refractivity contribution in [1.82, 2.24) is 4.90 Å². The highest BCUT2D eigenvalue weighted by Crippen LogP contribution is 2.38. The lowest BCUT2D eigenvalue weighted by Gasteiger charge is -2.27. The Morgan fingerprint density at radius 3 is 2.59 bits per heavy atom. The number of amides is 2. The van der Waals surface area contributed by atoms with Crippen LogP contribution in [0.25, 0.3) is 0 Å². The van der Waals surface area contributed by atoms with E-state index in [9.17, 15) is 24.5 Å². The van der Waals surface area contributed by atoms with Gasteiger partial charge in [-0.2, -0.15) is 0 Å². The number of non-ortho nitro benzene ring substituents is 1. The number of nitrogens with zero attached hydrogens (tertiary/aromatic N) is 2. The highest BCUT2D eigenvalue weighted by molar-refractivity contribution is 8.00. The molecule has 12 heteroatoms. The summed E-state index contributed by atoms with van der Waals surface area (Å²) < 4.78 is 5.35. The van der Waals surface area contributed by atoms with E-state index in [2.05, 4.69) is 27.7 Å². The van der Waals surface area contributed by atoms with Gasteiger partial charge in [-0.3, -0.25) is 24.6 Å². The summed E-state index contributed by atoms with van der Waals surface area (Å²) in [4.78, 5) is 53.3. The number of nitro groups is 1. The van der Waals surface area contributed by atoms with Crippen LogP contribution in [-0.2, 0) is 29.0 Å². The first-order chi connectivity index (χ1) is 21.3. The number of carbonyl (C=O) groups is 3. The van der Waals surface area contributed by atoms with Crippen LogP contribution in [0.2, 0.25) is 0 Å². The minimum atomic E-state index is -0.555. The number of fused-ring (bicyclic) bond motifs is 1. The molecule has 1 aliphatic heterocycles. The third kappa shape index (κ3) is 7.70. The third-order valence-electron chi connectivity index (χ3n) is 6.90. The molecule has 10 nitrogen and oxygen atoms in total. The van der Waals surface area contributed by atoms with Crippen LogP contribution in [0.15, 0.2) is 83.8 Å². The highest BCUT2D eigenvalue weighted by atomic mass is 32.2. The van der Waals surface area contributed by atoms with Crippen molar-refractivity contribution in [3.63, 3.8) is 0 Å². The molecule has 0 radical (unpaired) electrons. The van der Waals surface area contributed by atoms with Crippen LogP contribution >= 0.6 is 23.1 Å².